The van der Waals surface area contributed by atoms with Crippen molar-refractivity contribution in [3.8, 4) is 0 Å². The van der Waals surface area contributed by atoms with Crippen molar-refractivity contribution in [3.63, 3.8) is 0 Å². The SMILES string of the molecule is CO/C=C/C[C@@H]1O[C@@H](c2ccccc2)[C@@H](O)[C@@H]1O. The first-order chi connectivity index (χ1) is 8.74. The number of methoxy groups -OCH3 is 1. The fourth-order valence-electron chi connectivity index (χ4n) is 2.15. The summed E-state index contributed by atoms with van der Waals surface area (Å²) < 4.78 is 10.5. The van der Waals surface area contributed by atoms with Crippen molar-refractivity contribution in [1.29, 1.82) is 0 Å². The minimum absolute atomic E-state index is 0.406. The van der Waals surface area contributed by atoms with Crippen molar-refractivity contribution in [2.75, 3.05) is 7.11 Å². The summed E-state index contributed by atoms with van der Waals surface area (Å²) in [6.45, 7) is 0. The first-order valence-corrected chi connectivity index (χ1v) is 5.98. The highest BCUT2D eigenvalue weighted by molar-refractivity contribution is 5.20. The lowest BCUT2D eigenvalue weighted by Gasteiger charge is -2.14. The zero-order valence-electron chi connectivity index (χ0n) is 10.3. The average molecular weight is 250 g/mol. The number of aliphatic hydroxyl groups excluding tert-OH is 2. The number of benzene rings is 1. The first kappa shape index (κ1) is 13.1. The Bertz CT molecular complexity index is 390. The Morgan fingerprint density at radius 1 is 1.22 bits per heavy atom. The van der Waals surface area contributed by atoms with E-state index in [2.05, 4.69) is 0 Å². The van der Waals surface area contributed by atoms with Crippen LogP contribution in [0.3, 0.4) is 0 Å². The van der Waals surface area contributed by atoms with Gasteiger partial charge in [0.1, 0.15) is 18.3 Å². The van der Waals surface area contributed by atoms with Crippen LogP contribution in [-0.2, 0) is 9.47 Å². The third-order valence-corrected chi connectivity index (χ3v) is 3.09. The Kier molecular flexibility index (Phi) is 4.36. The second-order valence-electron chi connectivity index (χ2n) is 4.33. The summed E-state index contributed by atoms with van der Waals surface area (Å²) in [5, 5.41) is 19.9. The van der Waals surface area contributed by atoms with Gasteiger partial charge in [0.05, 0.1) is 19.5 Å². The van der Waals surface area contributed by atoms with E-state index in [-0.39, 0.29) is 0 Å². The summed E-state index contributed by atoms with van der Waals surface area (Å²) in [4.78, 5) is 0. The van der Waals surface area contributed by atoms with E-state index in [0.29, 0.717) is 6.42 Å². The zero-order valence-corrected chi connectivity index (χ0v) is 10.3. The molecule has 0 radical (unpaired) electrons. The van der Waals surface area contributed by atoms with Crippen LogP contribution in [0.15, 0.2) is 42.7 Å². The minimum Gasteiger partial charge on any atom is -0.505 e. The smallest absolute Gasteiger partial charge is 0.113 e. The molecule has 4 heteroatoms. The maximum Gasteiger partial charge on any atom is 0.113 e. The fourth-order valence-corrected chi connectivity index (χ4v) is 2.15. The molecule has 0 amide bonds. The van der Waals surface area contributed by atoms with Gasteiger partial charge in [0.15, 0.2) is 0 Å². The summed E-state index contributed by atoms with van der Waals surface area (Å²) in [5.74, 6) is 0. The Morgan fingerprint density at radius 3 is 2.61 bits per heavy atom. The zero-order chi connectivity index (χ0) is 13.0. The van der Waals surface area contributed by atoms with Gasteiger partial charge in [-0.3, -0.25) is 0 Å². The van der Waals surface area contributed by atoms with Gasteiger partial charge in [0.25, 0.3) is 0 Å². The van der Waals surface area contributed by atoms with Gasteiger partial charge in [-0.15, -0.1) is 0 Å². The van der Waals surface area contributed by atoms with Gasteiger partial charge in [0, 0.05) is 0 Å². The summed E-state index contributed by atoms with van der Waals surface area (Å²) in [6.07, 6.45) is 1.17. The van der Waals surface area contributed by atoms with Gasteiger partial charge >= 0.3 is 0 Å². The van der Waals surface area contributed by atoms with Crippen molar-refractivity contribution < 1.29 is 19.7 Å². The summed E-state index contributed by atoms with van der Waals surface area (Å²) in [7, 11) is 1.56. The molecular formula is C14H18O4. The number of rotatable bonds is 4. The van der Waals surface area contributed by atoms with E-state index in [1.807, 2.05) is 30.3 Å². The number of ether oxygens (including phenoxy) is 2. The van der Waals surface area contributed by atoms with Crippen LogP contribution in [-0.4, -0.2) is 35.6 Å². The maximum absolute atomic E-state index is 10.0. The van der Waals surface area contributed by atoms with Crippen LogP contribution < -0.4 is 0 Å². The molecule has 2 N–H and O–H groups in total. The van der Waals surface area contributed by atoms with Crippen molar-refractivity contribution >= 4 is 0 Å². The van der Waals surface area contributed by atoms with E-state index in [0.717, 1.165) is 5.56 Å². The van der Waals surface area contributed by atoms with Crippen LogP contribution in [0.4, 0.5) is 0 Å². The molecule has 0 spiro atoms. The van der Waals surface area contributed by atoms with Crippen LogP contribution >= 0.6 is 0 Å². The van der Waals surface area contributed by atoms with Crippen LogP contribution in [0.5, 0.6) is 0 Å². The molecule has 0 aromatic heterocycles. The van der Waals surface area contributed by atoms with Crippen LogP contribution in [0.2, 0.25) is 0 Å². The molecule has 1 aromatic carbocycles. The van der Waals surface area contributed by atoms with Crippen LogP contribution in [0, 0.1) is 0 Å². The van der Waals surface area contributed by atoms with Crippen molar-refractivity contribution in [2.24, 2.45) is 0 Å². The normalized spacial score (nSPS) is 31.9. The monoisotopic (exact) mass is 250 g/mol. The van der Waals surface area contributed by atoms with Gasteiger partial charge in [-0.2, -0.15) is 0 Å². The fraction of sp³-hybridized carbons (Fsp3) is 0.429. The first-order valence-electron chi connectivity index (χ1n) is 5.98. The molecular weight excluding hydrogens is 232 g/mol. The third-order valence-electron chi connectivity index (χ3n) is 3.09. The molecule has 0 bridgehead atoms. The van der Waals surface area contributed by atoms with Crippen LogP contribution in [0.25, 0.3) is 0 Å². The summed E-state index contributed by atoms with van der Waals surface area (Å²) in [5.41, 5.74) is 0.877. The summed E-state index contributed by atoms with van der Waals surface area (Å²) >= 11 is 0. The highest BCUT2D eigenvalue weighted by Gasteiger charge is 2.42. The van der Waals surface area contributed by atoms with Crippen molar-refractivity contribution in [1.82, 2.24) is 0 Å². The highest BCUT2D eigenvalue weighted by Crippen LogP contribution is 2.34. The number of aliphatic hydroxyl groups is 2. The Labute approximate surface area is 106 Å². The average Bonchev–Trinajstić information content (AvgIpc) is 2.68. The minimum atomic E-state index is -0.895. The molecule has 1 heterocycles. The van der Waals surface area contributed by atoms with Crippen molar-refractivity contribution in [2.45, 2.75) is 30.8 Å². The molecule has 0 unspecified atom stereocenters. The van der Waals surface area contributed by atoms with Gasteiger partial charge in [-0.05, 0) is 18.1 Å². The molecule has 1 aromatic rings. The highest BCUT2D eigenvalue weighted by atomic mass is 16.5. The third kappa shape index (κ3) is 2.72. The largest absolute Gasteiger partial charge is 0.505 e. The molecule has 1 saturated heterocycles. The molecule has 0 saturated carbocycles. The number of hydrogen-bond donors (Lipinski definition) is 2. The maximum atomic E-state index is 10.0. The van der Waals surface area contributed by atoms with E-state index < -0.39 is 24.4 Å². The molecule has 1 aliphatic heterocycles. The molecule has 0 aliphatic carbocycles. The molecule has 4 atom stereocenters. The molecule has 1 fully saturated rings. The van der Waals surface area contributed by atoms with E-state index >= 15 is 0 Å². The second kappa shape index (κ2) is 6.00. The predicted molar refractivity (Wildman–Crippen MR) is 66.8 cm³/mol. The molecule has 18 heavy (non-hydrogen) atoms. The van der Waals surface area contributed by atoms with Crippen LogP contribution in [0.1, 0.15) is 18.1 Å². The Morgan fingerprint density at radius 2 is 1.94 bits per heavy atom. The van der Waals surface area contributed by atoms with E-state index in [1.165, 1.54) is 6.26 Å². The van der Waals surface area contributed by atoms with E-state index in [1.54, 1.807) is 13.2 Å². The molecule has 2 rings (SSSR count). The van der Waals surface area contributed by atoms with Gasteiger partial charge in [-0.1, -0.05) is 30.3 Å². The van der Waals surface area contributed by atoms with Gasteiger partial charge in [0.2, 0.25) is 0 Å². The topological polar surface area (TPSA) is 58.9 Å². The molecule has 98 valence electrons. The Balaban J connectivity index is 2.05. The Hall–Kier alpha value is -1.36. The van der Waals surface area contributed by atoms with E-state index in [4.69, 9.17) is 9.47 Å². The predicted octanol–water partition coefficient (Wildman–Crippen LogP) is 1.40. The number of hydrogen-bond acceptors (Lipinski definition) is 4. The lowest BCUT2D eigenvalue weighted by Crippen LogP contribution is -2.30. The lowest BCUT2D eigenvalue weighted by atomic mass is 10.0. The van der Waals surface area contributed by atoms with Crippen molar-refractivity contribution in [3.05, 3.63) is 48.2 Å². The molecule has 4 nitrogen and oxygen atoms in total. The van der Waals surface area contributed by atoms with E-state index in [9.17, 15) is 10.2 Å². The standard InChI is InChI=1S/C14H18O4/c1-17-9-5-8-11-12(15)13(16)14(18-11)10-6-3-2-4-7-10/h2-7,9,11-16H,8H2,1H3/b9-5+/t11-,12+,13-,14-/m0/s1. The van der Waals surface area contributed by atoms with Gasteiger partial charge in [-0.25, -0.2) is 0 Å². The summed E-state index contributed by atoms with van der Waals surface area (Å²) in [6, 6.07) is 9.44. The second-order valence-corrected chi connectivity index (χ2v) is 4.33. The quantitative estimate of drug-likeness (QED) is 0.793. The lowest BCUT2D eigenvalue weighted by molar-refractivity contribution is 0.00860. The van der Waals surface area contributed by atoms with Gasteiger partial charge < -0.3 is 19.7 Å². The molecule has 1 aliphatic rings.